The Kier molecular flexibility index (Phi) is 8.38. The molecule has 0 radical (unpaired) electrons. The number of anilines is 1. The van der Waals surface area contributed by atoms with Crippen molar-refractivity contribution >= 4 is 27.6 Å². The van der Waals surface area contributed by atoms with Crippen LogP contribution < -0.4 is 19.6 Å². The van der Waals surface area contributed by atoms with Crippen molar-refractivity contribution in [1.82, 2.24) is 4.31 Å². The molecule has 0 aliphatic heterocycles. The normalized spacial score (nSPS) is 11.6. The first-order valence-corrected chi connectivity index (χ1v) is 11.0. The maximum absolute atomic E-state index is 12.7. The molecule has 174 valence electrons. The number of nitro groups is 1. The zero-order chi connectivity index (χ0) is 23.9. The van der Waals surface area contributed by atoms with E-state index in [9.17, 15) is 18.5 Å². The van der Waals surface area contributed by atoms with Gasteiger partial charge in [0.25, 0.3) is 5.69 Å². The lowest BCUT2D eigenvalue weighted by Gasteiger charge is -2.18. The van der Waals surface area contributed by atoms with Crippen LogP contribution in [0, 0.1) is 10.1 Å². The molecule has 0 fully saturated rings. The van der Waals surface area contributed by atoms with E-state index < -0.39 is 20.6 Å². The van der Waals surface area contributed by atoms with Gasteiger partial charge < -0.3 is 14.2 Å². The molecule has 2 aromatic rings. The van der Waals surface area contributed by atoms with Gasteiger partial charge in [-0.3, -0.25) is 15.5 Å². The zero-order valence-electron chi connectivity index (χ0n) is 18.5. The molecule has 0 aliphatic rings. The van der Waals surface area contributed by atoms with Crippen molar-refractivity contribution in [1.29, 1.82) is 0 Å². The summed E-state index contributed by atoms with van der Waals surface area (Å²) >= 11 is 0. The highest BCUT2D eigenvalue weighted by atomic mass is 32.2. The minimum absolute atomic E-state index is 0.0391. The third kappa shape index (κ3) is 5.26. The van der Waals surface area contributed by atoms with Gasteiger partial charge in [0.15, 0.2) is 11.5 Å². The molecule has 11 nitrogen and oxygen atoms in total. The molecule has 0 bridgehead atoms. The first-order chi connectivity index (χ1) is 15.2. The highest BCUT2D eigenvalue weighted by Gasteiger charge is 2.25. The lowest BCUT2D eigenvalue weighted by molar-refractivity contribution is -0.384. The van der Waals surface area contributed by atoms with Gasteiger partial charge in [-0.2, -0.15) is 9.41 Å². The van der Waals surface area contributed by atoms with Crippen LogP contribution in [0.2, 0.25) is 0 Å². The van der Waals surface area contributed by atoms with Gasteiger partial charge in [0.2, 0.25) is 15.8 Å². The summed E-state index contributed by atoms with van der Waals surface area (Å²) in [6, 6.07) is 6.94. The number of sulfonamides is 1. The number of nitrogens with one attached hydrogen (secondary N) is 1. The van der Waals surface area contributed by atoms with E-state index in [-0.39, 0.29) is 23.7 Å². The van der Waals surface area contributed by atoms with Crippen LogP contribution in [0.5, 0.6) is 17.2 Å². The Balaban J connectivity index is 2.36. The molecule has 0 atom stereocenters. The summed E-state index contributed by atoms with van der Waals surface area (Å²) in [7, 11) is 0.608. The fourth-order valence-corrected chi connectivity index (χ4v) is 4.46. The Bertz CT molecular complexity index is 1070. The summed E-state index contributed by atoms with van der Waals surface area (Å²) in [6.07, 6.45) is 1.41. The molecule has 0 saturated heterocycles. The van der Waals surface area contributed by atoms with E-state index in [1.165, 1.54) is 44.0 Å². The average molecular weight is 467 g/mol. The Morgan fingerprint density at radius 2 is 1.66 bits per heavy atom. The number of nitro benzene ring substituents is 1. The van der Waals surface area contributed by atoms with Crippen molar-refractivity contribution < 1.29 is 27.6 Å². The molecule has 0 heterocycles. The van der Waals surface area contributed by atoms with Crippen LogP contribution in [-0.2, 0) is 10.0 Å². The molecule has 32 heavy (non-hydrogen) atoms. The first-order valence-electron chi connectivity index (χ1n) is 9.61. The Labute approximate surface area is 186 Å². The molecule has 2 aromatic carbocycles. The second kappa shape index (κ2) is 10.8. The van der Waals surface area contributed by atoms with E-state index in [1.807, 2.05) is 0 Å². The third-order valence-electron chi connectivity index (χ3n) is 4.59. The van der Waals surface area contributed by atoms with Crippen molar-refractivity contribution in [3.8, 4) is 17.2 Å². The molecular weight excluding hydrogens is 440 g/mol. The van der Waals surface area contributed by atoms with E-state index in [0.29, 0.717) is 22.8 Å². The van der Waals surface area contributed by atoms with E-state index in [2.05, 4.69) is 10.5 Å². The second-order valence-corrected chi connectivity index (χ2v) is 8.29. The maximum Gasteiger partial charge on any atom is 0.295 e. The fraction of sp³-hybridized carbons (Fsp3) is 0.350. The van der Waals surface area contributed by atoms with E-state index in [0.717, 1.165) is 6.07 Å². The molecule has 0 unspecified atom stereocenters. The number of benzene rings is 2. The molecule has 0 spiro atoms. The highest BCUT2D eigenvalue weighted by Crippen LogP contribution is 2.37. The number of methoxy groups -OCH3 is 3. The molecule has 1 N–H and O–H groups in total. The minimum atomic E-state index is -3.84. The monoisotopic (exact) mass is 466 g/mol. The number of rotatable bonds is 11. The van der Waals surface area contributed by atoms with Crippen LogP contribution in [0.1, 0.15) is 19.4 Å². The van der Waals surface area contributed by atoms with Gasteiger partial charge in [-0.05, 0) is 24.3 Å². The minimum Gasteiger partial charge on any atom is -0.493 e. The zero-order valence-corrected chi connectivity index (χ0v) is 19.3. The van der Waals surface area contributed by atoms with Crippen molar-refractivity contribution in [2.24, 2.45) is 5.10 Å². The first kappa shape index (κ1) is 24.9. The van der Waals surface area contributed by atoms with Crippen LogP contribution >= 0.6 is 0 Å². The highest BCUT2D eigenvalue weighted by molar-refractivity contribution is 7.89. The largest absolute Gasteiger partial charge is 0.493 e. The summed E-state index contributed by atoms with van der Waals surface area (Å²) in [5.41, 5.74) is 2.79. The van der Waals surface area contributed by atoms with Gasteiger partial charge in [0.1, 0.15) is 5.69 Å². The van der Waals surface area contributed by atoms with Crippen molar-refractivity contribution in [2.45, 2.75) is 18.7 Å². The molecular formula is C20H26N4O7S. The van der Waals surface area contributed by atoms with E-state index >= 15 is 0 Å². The summed E-state index contributed by atoms with van der Waals surface area (Å²) in [5.74, 6) is 1.26. The predicted octanol–water partition coefficient (Wildman–Crippen LogP) is 3.10. The van der Waals surface area contributed by atoms with Crippen molar-refractivity contribution in [3.63, 3.8) is 0 Å². The third-order valence-corrected chi connectivity index (χ3v) is 6.64. The van der Waals surface area contributed by atoms with Gasteiger partial charge in [-0.15, -0.1) is 0 Å². The SMILES string of the molecule is CCN(CC)S(=O)(=O)c1ccc(N/N=C\c2cc(OC)c(OC)c(OC)c2)c([N+](=O)[O-])c1. The van der Waals surface area contributed by atoms with Crippen LogP contribution in [-0.4, -0.2) is 58.3 Å². The molecule has 0 aromatic heterocycles. The van der Waals surface area contributed by atoms with Gasteiger partial charge >= 0.3 is 0 Å². The second-order valence-electron chi connectivity index (χ2n) is 6.35. The topological polar surface area (TPSA) is 133 Å². The number of hydrogen-bond acceptors (Lipinski definition) is 9. The number of hydrazone groups is 1. The van der Waals surface area contributed by atoms with Crippen LogP contribution in [0.4, 0.5) is 11.4 Å². The molecule has 0 amide bonds. The predicted molar refractivity (Wildman–Crippen MR) is 121 cm³/mol. The quantitative estimate of drug-likeness (QED) is 0.303. The Morgan fingerprint density at radius 3 is 2.12 bits per heavy atom. The fourth-order valence-electron chi connectivity index (χ4n) is 2.98. The Hall–Kier alpha value is -3.38. The number of hydrogen-bond donors (Lipinski definition) is 1. The lowest BCUT2D eigenvalue weighted by atomic mass is 10.2. The molecule has 0 aliphatic carbocycles. The smallest absolute Gasteiger partial charge is 0.295 e. The van der Waals surface area contributed by atoms with Gasteiger partial charge in [-0.1, -0.05) is 13.8 Å². The van der Waals surface area contributed by atoms with Crippen LogP contribution in [0.15, 0.2) is 40.3 Å². The number of ether oxygens (including phenoxy) is 3. The standard InChI is InChI=1S/C20H26N4O7S/c1-6-23(7-2)32(27,28)15-8-9-16(17(12-15)24(25)26)22-21-13-14-10-18(29-3)20(31-5)19(11-14)30-4/h8-13,22H,6-7H2,1-5H3/b21-13-. The molecule has 12 heteroatoms. The molecule has 0 saturated carbocycles. The van der Waals surface area contributed by atoms with Crippen LogP contribution in [0.25, 0.3) is 0 Å². The summed E-state index contributed by atoms with van der Waals surface area (Å²) in [6.45, 7) is 3.91. The Morgan fingerprint density at radius 1 is 1.06 bits per heavy atom. The summed E-state index contributed by atoms with van der Waals surface area (Å²) in [4.78, 5) is 10.7. The van der Waals surface area contributed by atoms with Gasteiger partial charge in [0.05, 0.1) is 37.4 Å². The van der Waals surface area contributed by atoms with Crippen LogP contribution in [0.3, 0.4) is 0 Å². The average Bonchev–Trinajstić information content (AvgIpc) is 2.78. The maximum atomic E-state index is 12.7. The van der Waals surface area contributed by atoms with E-state index in [1.54, 1.807) is 26.0 Å². The molecule has 2 rings (SSSR count). The van der Waals surface area contributed by atoms with E-state index in [4.69, 9.17) is 14.2 Å². The van der Waals surface area contributed by atoms with Gasteiger partial charge in [-0.25, -0.2) is 8.42 Å². The summed E-state index contributed by atoms with van der Waals surface area (Å²) in [5, 5.41) is 15.6. The van der Waals surface area contributed by atoms with Crippen molar-refractivity contribution in [2.75, 3.05) is 39.8 Å². The lowest BCUT2D eigenvalue weighted by Crippen LogP contribution is -2.30. The summed E-state index contributed by atoms with van der Waals surface area (Å²) < 4.78 is 42.4. The number of nitrogens with zero attached hydrogens (tertiary/aromatic N) is 3. The van der Waals surface area contributed by atoms with Crippen molar-refractivity contribution in [3.05, 3.63) is 46.0 Å². The van der Waals surface area contributed by atoms with Gasteiger partial charge in [0, 0.05) is 24.7 Å².